The number of carbonyl (C=O) groups excluding carboxylic acids is 1. The SMILES string of the molecule is CCOc1cc2c(c3c1OC(C)(C)C3)C(c1ccc(C(=O)O)c(N(Cc3ccc(OC)cc3)C(=O)C(F)(F)F)c1)=NC(C)(C)C2. The zero-order valence-electron chi connectivity index (χ0n) is 26.0. The molecular weight excluding hydrogens is 589 g/mol. The fraction of sp³-hybridized carbons (Fsp3) is 0.382. The molecule has 1 amide bonds. The summed E-state index contributed by atoms with van der Waals surface area (Å²) < 4.78 is 59.4. The minimum absolute atomic E-state index is 0.345. The van der Waals surface area contributed by atoms with Crippen molar-refractivity contribution >= 4 is 23.3 Å². The topological polar surface area (TPSA) is 97.7 Å². The van der Waals surface area contributed by atoms with Gasteiger partial charge in [-0.15, -0.1) is 0 Å². The molecule has 0 saturated heterocycles. The van der Waals surface area contributed by atoms with Crippen LogP contribution >= 0.6 is 0 Å². The van der Waals surface area contributed by atoms with Crippen LogP contribution in [0.2, 0.25) is 0 Å². The Morgan fingerprint density at radius 1 is 1.04 bits per heavy atom. The lowest BCUT2D eigenvalue weighted by molar-refractivity contribution is -0.170. The summed E-state index contributed by atoms with van der Waals surface area (Å²) in [4.78, 5) is 30.7. The van der Waals surface area contributed by atoms with Gasteiger partial charge >= 0.3 is 18.1 Å². The fourth-order valence-electron chi connectivity index (χ4n) is 5.96. The lowest BCUT2D eigenvalue weighted by Gasteiger charge is -2.32. The number of carboxylic acids is 1. The van der Waals surface area contributed by atoms with Crippen molar-refractivity contribution in [1.82, 2.24) is 0 Å². The second-order valence-electron chi connectivity index (χ2n) is 12.4. The first kappa shape index (κ1) is 31.9. The lowest BCUT2D eigenvalue weighted by atomic mass is 9.80. The van der Waals surface area contributed by atoms with Crippen molar-refractivity contribution in [2.45, 2.75) is 71.3 Å². The van der Waals surface area contributed by atoms with Gasteiger partial charge in [0.1, 0.15) is 11.4 Å². The molecule has 238 valence electrons. The number of alkyl halides is 3. The molecule has 8 nitrogen and oxygen atoms in total. The maximum absolute atomic E-state index is 14.0. The van der Waals surface area contributed by atoms with E-state index in [4.69, 9.17) is 19.2 Å². The first-order valence-corrected chi connectivity index (χ1v) is 14.5. The zero-order valence-corrected chi connectivity index (χ0v) is 26.0. The summed E-state index contributed by atoms with van der Waals surface area (Å²) in [7, 11) is 1.45. The van der Waals surface area contributed by atoms with E-state index in [-0.39, 0.29) is 0 Å². The van der Waals surface area contributed by atoms with E-state index in [0.29, 0.717) is 58.4 Å². The minimum Gasteiger partial charge on any atom is -0.497 e. The van der Waals surface area contributed by atoms with Crippen LogP contribution in [-0.2, 0) is 24.2 Å². The average Bonchev–Trinajstić information content (AvgIpc) is 3.29. The number of amides is 1. The monoisotopic (exact) mass is 624 g/mol. The first-order chi connectivity index (χ1) is 21.0. The van der Waals surface area contributed by atoms with Crippen LogP contribution in [0.15, 0.2) is 53.5 Å². The molecule has 0 atom stereocenters. The molecule has 0 bridgehead atoms. The number of rotatable bonds is 8. The predicted molar refractivity (Wildman–Crippen MR) is 163 cm³/mol. The summed E-state index contributed by atoms with van der Waals surface area (Å²) in [6.45, 7) is 9.58. The van der Waals surface area contributed by atoms with Crippen LogP contribution in [0.5, 0.6) is 17.2 Å². The normalized spacial score (nSPS) is 16.2. The van der Waals surface area contributed by atoms with Crippen molar-refractivity contribution in [3.8, 4) is 17.2 Å². The number of nitrogens with zero attached hydrogens (tertiary/aromatic N) is 2. The second-order valence-corrected chi connectivity index (χ2v) is 12.4. The summed E-state index contributed by atoms with van der Waals surface area (Å²) in [5.41, 5.74) is 1.75. The molecule has 11 heteroatoms. The van der Waals surface area contributed by atoms with Gasteiger partial charge in [0.25, 0.3) is 0 Å². The van der Waals surface area contributed by atoms with Crippen LogP contribution in [-0.4, -0.2) is 53.7 Å². The van der Waals surface area contributed by atoms with Gasteiger partial charge < -0.3 is 19.3 Å². The van der Waals surface area contributed by atoms with E-state index in [2.05, 4.69) is 0 Å². The Morgan fingerprint density at radius 2 is 1.73 bits per heavy atom. The van der Waals surface area contributed by atoms with Gasteiger partial charge in [-0.25, -0.2) is 4.79 Å². The Kier molecular flexibility index (Phi) is 8.10. The number of carbonyl (C=O) groups is 2. The summed E-state index contributed by atoms with van der Waals surface area (Å²) >= 11 is 0. The predicted octanol–water partition coefficient (Wildman–Crippen LogP) is 6.77. The zero-order chi connectivity index (χ0) is 32.9. The van der Waals surface area contributed by atoms with Crippen LogP contribution in [0.4, 0.5) is 18.9 Å². The van der Waals surface area contributed by atoms with Crippen LogP contribution in [0.25, 0.3) is 0 Å². The van der Waals surface area contributed by atoms with E-state index < -0.39 is 47.0 Å². The van der Waals surface area contributed by atoms with Gasteiger partial charge in [0.15, 0.2) is 11.5 Å². The fourth-order valence-corrected chi connectivity index (χ4v) is 5.96. The largest absolute Gasteiger partial charge is 0.497 e. The smallest absolute Gasteiger partial charge is 0.471 e. The van der Waals surface area contributed by atoms with E-state index in [9.17, 15) is 27.9 Å². The van der Waals surface area contributed by atoms with Gasteiger partial charge in [0, 0.05) is 23.1 Å². The highest BCUT2D eigenvalue weighted by molar-refractivity contribution is 6.17. The number of hydrogen-bond acceptors (Lipinski definition) is 6. The number of aromatic carboxylic acids is 1. The van der Waals surface area contributed by atoms with E-state index in [0.717, 1.165) is 16.7 Å². The number of halogens is 3. The standard InChI is InChI=1S/C34H35F3N2O6/c1-7-44-26-15-21-16-32(2,3)38-28(27(21)24-17-33(4,5)45-29(24)26)20-10-13-23(30(40)41)25(14-20)39(31(42)34(35,36)37)18-19-8-11-22(43-6)12-9-19/h8-15H,7,16-18H2,1-6H3,(H,40,41). The summed E-state index contributed by atoms with van der Waals surface area (Å²) in [5, 5.41) is 10.0. The molecule has 45 heavy (non-hydrogen) atoms. The molecule has 0 spiro atoms. The lowest BCUT2D eigenvalue weighted by Crippen LogP contribution is -2.41. The molecule has 1 N–H and O–H groups in total. The van der Waals surface area contributed by atoms with Gasteiger partial charge in [0.2, 0.25) is 0 Å². The molecule has 2 heterocycles. The second kappa shape index (κ2) is 11.4. The average molecular weight is 625 g/mol. The maximum Gasteiger partial charge on any atom is 0.471 e. The van der Waals surface area contributed by atoms with Gasteiger partial charge in [-0.3, -0.25) is 14.7 Å². The van der Waals surface area contributed by atoms with Crippen molar-refractivity contribution in [3.63, 3.8) is 0 Å². The highest BCUT2D eigenvalue weighted by atomic mass is 19.4. The Hall–Kier alpha value is -4.54. The summed E-state index contributed by atoms with van der Waals surface area (Å²) in [5.74, 6) is -2.00. The van der Waals surface area contributed by atoms with Crippen molar-refractivity contribution in [2.24, 2.45) is 4.99 Å². The molecule has 3 aromatic carbocycles. The highest BCUT2D eigenvalue weighted by Crippen LogP contribution is 2.48. The minimum atomic E-state index is -5.27. The maximum atomic E-state index is 14.0. The van der Waals surface area contributed by atoms with Gasteiger partial charge in [0.05, 0.1) is 42.8 Å². The summed E-state index contributed by atoms with van der Waals surface area (Å²) in [6, 6.07) is 12.1. The molecular formula is C34H35F3N2O6. The Labute approximate surface area is 259 Å². The molecule has 2 aliphatic heterocycles. The van der Waals surface area contributed by atoms with Crippen molar-refractivity contribution in [2.75, 3.05) is 18.6 Å². The van der Waals surface area contributed by atoms with Crippen LogP contribution < -0.4 is 19.1 Å². The van der Waals surface area contributed by atoms with E-state index in [1.807, 2.05) is 40.7 Å². The van der Waals surface area contributed by atoms with Crippen molar-refractivity contribution in [1.29, 1.82) is 0 Å². The van der Waals surface area contributed by atoms with Crippen LogP contribution in [0.3, 0.4) is 0 Å². The highest BCUT2D eigenvalue weighted by Gasteiger charge is 2.45. The third-order valence-corrected chi connectivity index (χ3v) is 7.76. The number of hydrogen-bond donors (Lipinski definition) is 1. The van der Waals surface area contributed by atoms with Gasteiger partial charge in [-0.1, -0.05) is 18.2 Å². The number of anilines is 1. The number of fused-ring (bicyclic) bond motifs is 3. The Bertz CT molecular complexity index is 1690. The van der Waals surface area contributed by atoms with E-state index in [1.165, 1.54) is 37.4 Å². The summed E-state index contributed by atoms with van der Waals surface area (Å²) in [6.07, 6.45) is -4.17. The molecule has 0 unspecified atom stereocenters. The van der Waals surface area contributed by atoms with Crippen molar-refractivity contribution < 1.29 is 42.1 Å². The number of aliphatic imine (C=N–C) groups is 1. The van der Waals surface area contributed by atoms with Crippen molar-refractivity contribution in [3.05, 3.63) is 81.9 Å². The molecule has 0 aromatic heterocycles. The third-order valence-electron chi connectivity index (χ3n) is 7.76. The molecule has 0 fully saturated rings. The number of benzene rings is 3. The molecule has 0 radical (unpaired) electrons. The Morgan fingerprint density at radius 3 is 2.33 bits per heavy atom. The number of methoxy groups -OCH3 is 1. The van der Waals surface area contributed by atoms with Gasteiger partial charge in [-0.05, 0) is 82.5 Å². The van der Waals surface area contributed by atoms with E-state index >= 15 is 0 Å². The Balaban J connectivity index is 1.72. The number of ether oxygens (including phenoxy) is 3. The number of carboxylic acid groups (broad SMARTS) is 1. The van der Waals surface area contributed by atoms with Crippen LogP contribution in [0, 0.1) is 0 Å². The van der Waals surface area contributed by atoms with E-state index in [1.54, 1.807) is 12.1 Å². The molecule has 0 aliphatic carbocycles. The van der Waals surface area contributed by atoms with Crippen LogP contribution in [0.1, 0.15) is 72.8 Å². The molecule has 3 aromatic rings. The molecule has 2 aliphatic rings. The molecule has 0 saturated carbocycles. The van der Waals surface area contributed by atoms with Gasteiger partial charge in [-0.2, -0.15) is 13.2 Å². The first-order valence-electron chi connectivity index (χ1n) is 14.5. The molecule has 5 rings (SSSR count). The quantitative estimate of drug-likeness (QED) is 0.297. The third kappa shape index (κ3) is 6.34.